The molecule has 0 atom stereocenters. The van der Waals surface area contributed by atoms with Crippen molar-refractivity contribution in [2.75, 3.05) is 13.1 Å². The van der Waals surface area contributed by atoms with E-state index in [1.54, 1.807) is 18.2 Å². The Balaban J connectivity index is 1.44. The quantitative estimate of drug-likeness (QED) is 0.558. The maximum Gasteiger partial charge on any atom is 0.278 e. The summed E-state index contributed by atoms with van der Waals surface area (Å²) in [5, 5.41) is 11.7. The van der Waals surface area contributed by atoms with Gasteiger partial charge in [-0.05, 0) is 42.9 Å². The van der Waals surface area contributed by atoms with Gasteiger partial charge < -0.3 is 9.88 Å². The Morgan fingerprint density at radius 2 is 1.85 bits per heavy atom. The molecule has 6 heteroatoms. The molecule has 27 heavy (non-hydrogen) atoms. The number of aromatic amines is 1. The normalized spacial score (nSPS) is 15.2. The number of nitro groups is 1. The molecule has 1 N–H and O–H groups in total. The molecule has 0 bridgehead atoms. The minimum Gasteiger partial charge on any atom is -0.350 e. The predicted molar refractivity (Wildman–Crippen MR) is 104 cm³/mol. The second kappa shape index (κ2) is 7.23. The van der Waals surface area contributed by atoms with Crippen LogP contribution in [0.15, 0.2) is 54.6 Å². The van der Waals surface area contributed by atoms with Gasteiger partial charge in [-0.1, -0.05) is 36.4 Å². The van der Waals surface area contributed by atoms with Crippen LogP contribution in [0.25, 0.3) is 10.9 Å². The molecule has 1 aliphatic heterocycles. The number of non-ortho nitro benzene ring substituents is 1. The first-order valence-corrected chi connectivity index (χ1v) is 9.21. The number of rotatable bonds is 4. The predicted octanol–water partition coefficient (Wildman–Crippen LogP) is 4.17. The van der Waals surface area contributed by atoms with Gasteiger partial charge in [0.2, 0.25) is 0 Å². The number of benzene rings is 2. The molecule has 4 rings (SSSR count). The summed E-state index contributed by atoms with van der Waals surface area (Å²) >= 11 is 0. The summed E-state index contributed by atoms with van der Waals surface area (Å²) in [5.74, 6) is 0.499. The van der Waals surface area contributed by atoms with E-state index in [0.29, 0.717) is 35.6 Å². The van der Waals surface area contributed by atoms with Gasteiger partial charge in [-0.25, -0.2) is 0 Å². The van der Waals surface area contributed by atoms with Crippen molar-refractivity contribution in [1.29, 1.82) is 0 Å². The van der Waals surface area contributed by atoms with Gasteiger partial charge in [0, 0.05) is 19.2 Å². The monoisotopic (exact) mass is 363 g/mol. The number of fused-ring (bicyclic) bond motifs is 1. The number of nitrogens with one attached hydrogen (secondary N) is 1. The number of carbonyl (C=O) groups is 1. The Kier molecular flexibility index (Phi) is 4.62. The maximum absolute atomic E-state index is 12.8. The van der Waals surface area contributed by atoms with Crippen molar-refractivity contribution in [2.24, 2.45) is 5.92 Å². The Hall–Kier alpha value is -3.15. The lowest BCUT2D eigenvalue weighted by Crippen LogP contribution is -2.39. The fraction of sp³-hybridized carbons (Fsp3) is 0.286. The number of likely N-dealkylation sites (tertiary alicyclic amines) is 1. The molecular weight excluding hydrogens is 342 g/mol. The van der Waals surface area contributed by atoms with Gasteiger partial charge in [-0.2, -0.15) is 0 Å². The minimum atomic E-state index is -0.417. The van der Waals surface area contributed by atoms with E-state index in [1.165, 1.54) is 11.6 Å². The molecular formula is C21H21N3O3. The fourth-order valence-electron chi connectivity index (χ4n) is 3.87. The zero-order chi connectivity index (χ0) is 18.8. The summed E-state index contributed by atoms with van der Waals surface area (Å²) < 4.78 is 0. The average molecular weight is 363 g/mol. The maximum atomic E-state index is 12.8. The number of aromatic nitrogens is 1. The first-order valence-electron chi connectivity index (χ1n) is 9.21. The van der Waals surface area contributed by atoms with Gasteiger partial charge in [-0.3, -0.25) is 14.9 Å². The van der Waals surface area contributed by atoms with Crippen LogP contribution in [0, 0.1) is 16.0 Å². The van der Waals surface area contributed by atoms with Crippen molar-refractivity contribution in [3.05, 3.63) is 76.0 Å². The third-order valence-electron chi connectivity index (χ3n) is 5.34. The van der Waals surface area contributed by atoms with Crippen molar-refractivity contribution in [3.63, 3.8) is 0 Å². The largest absolute Gasteiger partial charge is 0.350 e. The molecule has 138 valence electrons. The zero-order valence-electron chi connectivity index (χ0n) is 14.9. The van der Waals surface area contributed by atoms with E-state index in [1.807, 2.05) is 11.0 Å². The third-order valence-corrected chi connectivity index (χ3v) is 5.34. The molecule has 0 spiro atoms. The lowest BCUT2D eigenvalue weighted by Gasteiger charge is -2.31. The van der Waals surface area contributed by atoms with E-state index in [4.69, 9.17) is 0 Å². The molecule has 0 radical (unpaired) electrons. The summed E-state index contributed by atoms with van der Waals surface area (Å²) in [4.78, 5) is 28.5. The smallest absolute Gasteiger partial charge is 0.278 e. The Bertz CT molecular complexity index is 973. The number of nitrogens with zero attached hydrogens (tertiary/aromatic N) is 2. The number of hydrogen-bond acceptors (Lipinski definition) is 3. The highest BCUT2D eigenvalue weighted by Crippen LogP contribution is 2.28. The molecule has 3 aromatic rings. The van der Waals surface area contributed by atoms with Crippen molar-refractivity contribution in [1.82, 2.24) is 9.88 Å². The highest BCUT2D eigenvalue weighted by atomic mass is 16.6. The summed E-state index contributed by atoms with van der Waals surface area (Å²) in [7, 11) is 0. The molecule has 2 aromatic carbocycles. The molecule has 1 amide bonds. The number of nitro benzene ring substituents is 1. The summed E-state index contributed by atoms with van der Waals surface area (Å²) in [6.07, 6.45) is 2.99. The molecule has 2 heterocycles. The molecule has 1 fully saturated rings. The minimum absolute atomic E-state index is 0.0179. The number of piperidine rings is 1. The van der Waals surface area contributed by atoms with Crippen LogP contribution in [-0.2, 0) is 6.42 Å². The van der Waals surface area contributed by atoms with Crippen LogP contribution in [0.4, 0.5) is 5.69 Å². The Morgan fingerprint density at radius 3 is 2.56 bits per heavy atom. The first-order chi connectivity index (χ1) is 13.1. The van der Waals surface area contributed by atoms with Crippen molar-refractivity contribution >= 4 is 22.5 Å². The van der Waals surface area contributed by atoms with Crippen LogP contribution >= 0.6 is 0 Å². The van der Waals surface area contributed by atoms with Crippen LogP contribution in [0.5, 0.6) is 0 Å². The highest BCUT2D eigenvalue weighted by Gasteiger charge is 2.25. The van der Waals surface area contributed by atoms with E-state index in [0.717, 1.165) is 19.3 Å². The number of amides is 1. The standard InChI is InChI=1S/C21H21N3O3/c25-21(19-14-17-18(22-19)7-4-8-20(17)24(26)27)23-11-9-16(10-12-23)13-15-5-2-1-3-6-15/h1-8,14,16,22H,9-13H2. The first kappa shape index (κ1) is 17.3. The van der Waals surface area contributed by atoms with Gasteiger partial charge in [0.1, 0.15) is 5.69 Å². The van der Waals surface area contributed by atoms with Crippen LogP contribution < -0.4 is 0 Å². The van der Waals surface area contributed by atoms with E-state index in [-0.39, 0.29) is 11.6 Å². The van der Waals surface area contributed by atoms with E-state index in [2.05, 4.69) is 29.2 Å². The summed E-state index contributed by atoms with van der Waals surface area (Å²) in [6, 6.07) is 16.9. The SMILES string of the molecule is O=C(c1cc2c([N+](=O)[O-])cccc2[nH]1)N1CCC(Cc2ccccc2)CC1. The lowest BCUT2D eigenvalue weighted by atomic mass is 9.90. The lowest BCUT2D eigenvalue weighted by molar-refractivity contribution is -0.383. The topological polar surface area (TPSA) is 79.2 Å². The van der Waals surface area contributed by atoms with E-state index >= 15 is 0 Å². The highest BCUT2D eigenvalue weighted by molar-refractivity contribution is 6.00. The van der Waals surface area contributed by atoms with Crippen molar-refractivity contribution < 1.29 is 9.72 Å². The van der Waals surface area contributed by atoms with Crippen LogP contribution in [0.3, 0.4) is 0 Å². The van der Waals surface area contributed by atoms with Crippen molar-refractivity contribution in [3.8, 4) is 0 Å². The Labute approximate surface area is 157 Å². The molecule has 1 aliphatic rings. The second-order valence-electron chi connectivity index (χ2n) is 7.10. The molecule has 1 aromatic heterocycles. The average Bonchev–Trinajstić information content (AvgIpc) is 3.13. The van der Waals surface area contributed by atoms with Gasteiger partial charge in [0.05, 0.1) is 15.8 Å². The van der Waals surface area contributed by atoms with Crippen LogP contribution in [0.1, 0.15) is 28.9 Å². The zero-order valence-corrected chi connectivity index (χ0v) is 14.9. The van der Waals surface area contributed by atoms with Crippen molar-refractivity contribution in [2.45, 2.75) is 19.3 Å². The number of hydrogen-bond donors (Lipinski definition) is 1. The van der Waals surface area contributed by atoms with Gasteiger partial charge in [0.15, 0.2) is 0 Å². The second-order valence-corrected chi connectivity index (χ2v) is 7.10. The molecule has 0 aliphatic carbocycles. The van der Waals surface area contributed by atoms with Gasteiger partial charge >= 0.3 is 0 Å². The molecule has 0 unspecified atom stereocenters. The Morgan fingerprint density at radius 1 is 1.11 bits per heavy atom. The number of H-pyrrole nitrogens is 1. The summed E-state index contributed by atoms with van der Waals surface area (Å²) in [5.41, 5.74) is 2.39. The van der Waals surface area contributed by atoms with Gasteiger partial charge in [0.25, 0.3) is 11.6 Å². The van der Waals surface area contributed by atoms with Crippen LogP contribution in [-0.4, -0.2) is 33.8 Å². The van der Waals surface area contributed by atoms with Gasteiger partial charge in [-0.15, -0.1) is 0 Å². The number of carbonyl (C=O) groups excluding carboxylic acids is 1. The third kappa shape index (κ3) is 3.56. The molecule has 0 saturated carbocycles. The van der Waals surface area contributed by atoms with Crippen LogP contribution in [0.2, 0.25) is 0 Å². The van der Waals surface area contributed by atoms with E-state index < -0.39 is 4.92 Å². The molecule has 1 saturated heterocycles. The summed E-state index contributed by atoms with van der Waals surface area (Å²) in [6.45, 7) is 1.43. The molecule has 6 nitrogen and oxygen atoms in total. The fourth-order valence-corrected chi connectivity index (χ4v) is 3.87. The van der Waals surface area contributed by atoms with E-state index in [9.17, 15) is 14.9 Å².